The van der Waals surface area contributed by atoms with Gasteiger partial charge in [-0.05, 0) is 76.9 Å². The van der Waals surface area contributed by atoms with Gasteiger partial charge in [-0.15, -0.1) is 0 Å². The van der Waals surface area contributed by atoms with Gasteiger partial charge in [0, 0.05) is 17.5 Å². The highest BCUT2D eigenvalue weighted by atomic mass is 16.3. The molecular weight excluding hydrogens is 506 g/mol. The molecule has 2 fully saturated rings. The molecule has 2 saturated carbocycles. The molecule has 1 aromatic carbocycles. The van der Waals surface area contributed by atoms with E-state index in [4.69, 9.17) is 5.73 Å². The number of carbonyl (C=O) groups excluding carboxylic acids is 6. The summed E-state index contributed by atoms with van der Waals surface area (Å²) in [5, 5.41) is 25.0. The Morgan fingerprint density at radius 2 is 1.77 bits per heavy atom. The summed E-state index contributed by atoms with van der Waals surface area (Å²) < 4.78 is 0. The van der Waals surface area contributed by atoms with E-state index in [9.17, 15) is 39.0 Å². The number of ketones is 4. The van der Waals surface area contributed by atoms with Crippen LogP contribution in [0.15, 0.2) is 18.2 Å². The Kier molecular flexibility index (Phi) is 6.89. The number of aromatic hydroxyl groups is 1. The second-order valence-corrected chi connectivity index (χ2v) is 11.9. The van der Waals surface area contributed by atoms with Crippen LogP contribution in [0.2, 0.25) is 0 Å². The number of nitrogens with two attached hydrogens (primary N) is 1. The summed E-state index contributed by atoms with van der Waals surface area (Å²) in [4.78, 5) is 79.8. The van der Waals surface area contributed by atoms with Crippen LogP contribution in [0.1, 0.15) is 48.7 Å². The van der Waals surface area contributed by atoms with Gasteiger partial charge in [-0.3, -0.25) is 33.7 Å². The number of nitrogens with one attached hydrogen (secondary N) is 1. The number of hydrogen-bond donors (Lipinski definition) is 4. The summed E-state index contributed by atoms with van der Waals surface area (Å²) in [5.41, 5.74) is 2.87. The summed E-state index contributed by atoms with van der Waals surface area (Å²) in [7, 11) is 3.05. The molecule has 11 heteroatoms. The molecule has 6 atom stereocenters. The number of phenols is 1. The van der Waals surface area contributed by atoms with E-state index >= 15 is 0 Å². The first-order chi connectivity index (χ1) is 18.0. The van der Waals surface area contributed by atoms with Crippen molar-refractivity contribution in [1.29, 1.82) is 0 Å². The first-order valence-corrected chi connectivity index (χ1v) is 12.7. The Hall–Kier alpha value is -3.70. The number of rotatable bonds is 4. The number of amides is 2. The van der Waals surface area contributed by atoms with E-state index in [1.807, 2.05) is 20.8 Å². The number of hydrogen-bond acceptors (Lipinski definition) is 9. The van der Waals surface area contributed by atoms with E-state index in [0.717, 1.165) is 0 Å². The Bertz CT molecular complexity index is 1340. The van der Waals surface area contributed by atoms with Crippen molar-refractivity contribution in [2.45, 2.75) is 50.8 Å². The maximum atomic E-state index is 13.8. The average molecular weight is 540 g/mol. The van der Waals surface area contributed by atoms with E-state index in [1.54, 1.807) is 6.07 Å². The largest absolute Gasteiger partial charge is 0.507 e. The molecule has 2 amide bonds. The normalized spacial score (nSPS) is 30.7. The van der Waals surface area contributed by atoms with Crippen LogP contribution in [0.4, 0.5) is 0 Å². The molecule has 1 aromatic rings. The summed E-state index contributed by atoms with van der Waals surface area (Å²) in [6, 6.07) is 1.66. The molecule has 0 heterocycles. The van der Waals surface area contributed by atoms with E-state index in [0.29, 0.717) is 11.1 Å². The molecule has 4 rings (SSSR count). The van der Waals surface area contributed by atoms with Crippen molar-refractivity contribution in [3.05, 3.63) is 34.9 Å². The van der Waals surface area contributed by atoms with Crippen LogP contribution in [-0.2, 0) is 30.4 Å². The van der Waals surface area contributed by atoms with Crippen molar-refractivity contribution in [3.63, 3.8) is 0 Å². The van der Waals surface area contributed by atoms with Gasteiger partial charge in [-0.2, -0.15) is 0 Å². The molecule has 0 spiro atoms. The van der Waals surface area contributed by atoms with Crippen LogP contribution in [0.25, 0.3) is 6.08 Å². The number of primary amides is 1. The molecule has 0 aliphatic heterocycles. The van der Waals surface area contributed by atoms with E-state index in [-0.39, 0.29) is 30.1 Å². The number of likely N-dealkylation sites (N-methyl/N-ethyl adjacent to an activating group) is 1. The van der Waals surface area contributed by atoms with Crippen LogP contribution >= 0.6 is 0 Å². The summed E-state index contributed by atoms with van der Waals surface area (Å²) in [6.07, 6.45) is 2.89. The van der Waals surface area contributed by atoms with Gasteiger partial charge in [0.05, 0.1) is 17.5 Å². The third-order valence-electron chi connectivity index (χ3n) is 7.89. The summed E-state index contributed by atoms with van der Waals surface area (Å²) >= 11 is 0. The number of carbonyl (C=O) groups is 6. The lowest BCUT2D eigenvalue weighted by atomic mass is 9.52. The third kappa shape index (κ3) is 4.49. The minimum atomic E-state index is -2.77. The molecule has 5 N–H and O–H groups in total. The van der Waals surface area contributed by atoms with Crippen molar-refractivity contribution < 1.29 is 39.0 Å². The van der Waals surface area contributed by atoms with Crippen molar-refractivity contribution >= 4 is 41.0 Å². The average Bonchev–Trinajstić information content (AvgIpc) is 2.79. The van der Waals surface area contributed by atoms with Gasteiger partial charge >= 0.3 is 0 Å². The van der Waals surface area contributed by atoms with Crippen molar-refractivity contribution in [1.82, 2.24) is 10.2 Å². The lowest BCUT2D eigenvalue weighted by Gasteiger charge is -2.52. The van der Waals surface area contributed by atoms with Gasteiger partial charge in [-0.25, -0.2) is 0 Å². The monoisotopic (exact) mass is 539 g/mol. The second-order valence-electron chi connectivity index (χ2n) is 11.9. The molecular formula is C28H33N3O8. The third-order valence-corrected chi connectivity index (χ3v) is 7.89. The number of aliphatic hydroxyl groups is 1. The van der Waals surface area contributed by atoms with Gasteiger partial charge in [0.1, 0.15) is 5.75 Å². The van der Waals surface area contributed by atoms with Crippen molar-refractivity contribution in [2.75, 3.05) is 14.1 Å². The smallest absolute Gasteiger partial charge is 0.244 e. The molecule has 11 nitrogen and oxygen atoms in total. The fraction of sp³-hybridized carbons (Fsp3) is 0.500. The predicted octanol–water partition coefficient (Wildman–Crippen LogP) is -0.205. The molecule has 0 radical (unpaired) electrons. The van der Waals surface area contributed by atoms with E-state index < -0.39 is 69.9 Å². The number of phenolic OH excluding ortho intramolecular Hbond substituents is 1. The molecule has 0 aromatic heterocycles. The summed E-state index contributed by atoms with van der Waals surface area (Å²) in [6.45, 7) is 5.48. The molecule has 208 valence electrons. The molecule has 2 unspecified atom stereocenters. The first-order valence-electron chi connectivity index (χ1n) is 12.7. The molecule has 39 heavy (non-hydrogen) atoms. The van der Waals surface area contributed by atoms with Crippen LogP contribution in [0.3, 0.4) is 0 Å². The van der Waals surface area contributed by atoms with Gasteiger partial charge in [0.2, 0.25) is 11.8 Å². The molecule has 0 saturated heterocycles. The lowest BCUT2D eigenvalue weighted by Crippen LogP contribution is -2.74. The zero-order valence-electron chi connectivity index (χ0n) is 22.5. The summed E-state index contributed by atoms with van der Waals surface area (Å²) in [5.74, 6) is -11.4. The Balaban J connectivity index is 1.79. The van der Waals surface area contributed by atoms with E-state index in [2.05, 4.69) is 5.32 Å². The fourth-order valence-corrected chi connectivity index (χ4v) is 6.36. The number of nitrogens with zero attached hydrogens (tertiary/aromatic N) is 1. The highest BCUT2D eigenvalue weighted by molar-refractivity contribution is 6.32. The van der Waals surface area contributed by atoms with Crippen molar-refractivity contribution in [3.8, 4) is 5.75 Å². The zero-order valence-corrected chi connectivity index (χ0v) is 22.5. The highest BCUT2D eigenvalue weighted by Crippen LogP contribution is 2.51. The maximum absolute atomic E-state index is 13.8. The minimum Gasteiger partial charge on any atom is -0.507 e. The Morgan fingerprint density at radius 1 is 1.13 bits per heavy atom. The quantitative estimate of drug-likeness (QED) is 0.297. The van der Waals surface area contributed by atoms with Crippen LogP contribution in [0, 0.1) is 23.7 Å². The van der Waals surface area contributed by atoms with Gasteiger partial charge < -0.3 is 21.3 Å². The van der Waals surface area contributed by atoms with Gasteiger partial charge in [0.15, 0.2) is 34.7 Å². The number of fused-ring (bicyclic) bond motifs is 3. The molecule has 3 aliphatic carbocycles. The highest BCUT2D eigenvalue weighted by Gasteiger charge is 2.69. The van der Waals surface area contributed by atoms with E-state index in [1.165, 1.54) is 37.2 Å². The zero-order chi connectivity index (χ0) is 29.2. The standard InChI is InChI=1S/C28H33N3O8/c1-27(2,3)30-17(33)9-7-12-6-8-16(32)19-14(12)10-13-11-15-21(31(4)5)23(35)20(26(29)38)25(37)28(15,39)24(36)18(13)22(19)34/h6-9,13,15,18,20-21,32,39H,10-11H2,1-5H3,(H2,29,38)(H,30,33)/b9-7+/t13-,15-,18?,20?,21-,28-/m1/s1. The predicted molar refractivity (Wildman–Crippen MR) is 138 cm³/mol. The topological polar surface area (TPSA) is 184 Å². The van der Waals surface area contributed by atoms with Crippen LogP contribution < -0.4 is 11.1 Å². The molecule has 0 bridgehead atoms. The van der Waals surface area contributed by atoms with Crippen LogP contribution in [-0.4, -0.2) is 81.3 Å². The second kappa shape index (κ2) is 9.49. The SMILES string of the molecule is CN(C)[C@H]1C(=O)C(C(N)=O)C(=O)[C@]2(O)C(=O)C3C(=O)c4c(O)ccc(/C=C/C(=O)NC(C)(C)C)c4C[C@@H]3C[C@H]12. The maximum Gasteiger partial charge on any atom is 0.244 e. The van der Waals surface area contributed by atoms with Gasteiger partial charge in [-0.1, -0.05) is 6.07 Å². The fourth-order valence-electron chi connectivity index (χ4n) is 6.36. The molecule has 3 aliphatic rings. The van der Waals surface area contributed by atoms with Crippen molar-refractivity contribution in [2.24, 2.45) is 29.4 Å². The number of benzene rings is 1. The Labute approximate surface area is 225 Å². The number of Topliss-reactive ketones (excluding diaryl/α,β-unsaturated/α-hetero) is 4. The Morgan fingerprint density at radius 3 is 2.33 bits per heavy atom. The minimum absolute atomic E-state index is 0.0484. The first kappa shape index (κ1) is 28.3. The van der Waals surface area contributed by atoms with Crippen LogP contribution in [0.5, 0.6) is 5.75 Å². The lowest BCUT2D eigenvalue weighted by molar-refractivity contribution is -0.181. The van der Waals surface area contributed by atoms with Gasteiger partial charge in [0.25, 0.3) is 0 Å².